The third kappa shape index (κ3) is 6.03. The van der Waals surface area contributed by atoms with Gasteiger partial charge in [0.1, 0.15) is 6.04 Å². The smallest absolute Gasteiger partial charge is 0.467 e. The van der Waals surface area contributed by atoms with E-state index < -0.39 is 29.0 Å². The summed E-state index contributed by atoms with van der Waals surface area (Å²) in [5.41, 5.74) is 0.365. The molecule has 0 aliphatic rings. The third-order valence-corrected chi connectivity index (χ3v) is 4.21. The lowest BCUT2D eigenvalue weighted by molar-refractivity contribution is -0.142. The maximum absolute atomic E-state index is 12.2. The number of esters is 1. The van der Waals surface area contributed by atoms with Gasteiger partial charge in [0.15, 0.2) is 18.1 Å². The molecule has 0 unspecified atom stereocenters. The highest BCUT2D eigenvalue weighted by molar-refractivity contribution is 8.13. The molecule has 2 rings (SSSR count). The molecule has 2 aromatic rings. The standard InChI is InChI=1S/C17H17NO8S/c1-10-13(26-16(21)25-10)8-24-17(22)27-9-12(15(20)23-2)18-14(19)11-6-4-3-5-7-11/h3-7,12H,8-9H2,1-2H3,(H,18,19)/t12-/m0/s1. The Morgan fingerprint density at radius 2 is 1.89 bits per heavy atom. The number of amides is 1. The molecule has 1 aromatic heterocycles. The molecule has 1 heterocycles. The SMILES string of the molecule is COC(=O)[C@H](CSC(=O)OCc1oc(=O)oc1C)NC(=O)c1ccccc1. The van der Waals surface area contributed by atoms with Crippen LogP contribution in [0.5, 0.6) is 0 Å². The molecule has 10 heteroatoms. The van der Waals surface area contributed by atoms with Crippen molar-refractivity contribution in [2.24, 2.45) is 0 Å². The van der Waals surface area contributed by atoms with Crippen LogP contribution >= 0.6 is 11.8 Å². The van der Waals surface area contributed by atoms with Gasteiger partial charge in [0.2, 0.25) is 0 Å². The summed E-state index contributed by atoms with van der Waals surface area (Å²) in [5, 5.41) is 1.79. The number of ether oxygens (including phenoxy) is 2. The lowest BCUT2D eigenvalue weighted by Crippen LogP contribution is -2.43. The van der Waals surface area contributed by atoms with Crippen LogP contribution < -0.4 is 11.1 Å². The lowest BCUT2D eigenvalue weighted by atomic mass is 10.2. The Bertz CT molecular complexity index is 857. The Hall–Kier alpha value is -3.01. The molecule has 1 amide bonds. The molecule has 0 bridgehead atoms. The zero-order chi connectivity index (χ0) is 19.8. The van der Waals surface area contributed by atoms with E-state index in [0.717, 1.165) is 0 Å². The molecule has 0 radical (unpaired) electrons. The average Bonchev–Trinajstić information content (AvgIpc) is 3.00. The normalized spacial score (nSPS) is 11.5. The van der Waals surface area contributed by atoms with Crippen LogP contribution in [-0.4, -0.2) is 36.1 Å². The second-order valence-electron chi connectivity index (χ2n) is 5.20. The molecule has 0 fully saturated rings. The van der Waals surface area contributed by atoms with Gasteiger partial charge in [0.05, 0.1) is 7.11 Å². The number of benzene rings is 1. The summed E-state index contributed by atoms with van der Waals surface area (Å²) in [6.45, 7) is 1.20. The summed E-state index contributed by atoms with van der Waals surface area (Å²) in [5.74, 6) is -1.86. The highest BCUT2D eigenvalue weighted by Crippen LogP contribution is 2.13. The number of rotatable bonds is 7. The molecule has 27 heavy (non-hydrogen) atoms. The van der Waals surface area contributed by atoms with Gasteiger partial charge in [0, 0.05) is 11.3 Å². The van der Waals surface area contributed by atoms with Crippen LogP contribution in [-0.2, 0) is 20.9 Å². The van der Waals surface area contributed by atoms with E-state index in [4.69, 9.17) is 9.15 Å². The van der Waals surface area contributed by atoms with Gasteiger partial charge in [-0.15, -0.1) is 0 Å². The minimum atomic E-state index is -1.05. The van der Waals surface area contributed by atoms with Crippen molar-refractivity contribution >= 4 is 28.9 Å². The van der Waals surface area contributed by atoms with Crippen molar-refractivity contribution < 1.29 is 32.7 Å². The molecule has 1 atom stereocenters. The van der Waals surface area contributed by atoms with Crippen LogP contribution in [0.1, 0.15) is 21.9 Å². The Labute approximate surface area is 158 Å². The molecule has 0 saturated carbocycles. The summed E-state index contributed by atoms with van der Waals surface area (Å²) in [6.07, 6.45) is 0. The van der Waals surface area contributed by atoms with Crippen molar-refractivity contribution in [3.8, 4) is 0 Å². The van der Waals surface area contributed by atoms with E-state index in [0.29, 0.717) is 17.3 Å². The number of nitrogens with one attached hydrogen (secondary N) is 1. The van der Waals surface area contributed by atoms with E-state index in [1.807, 2.05) is 0 Å². The van der Waals surface area contributed by atoms with Crippen LogP contribution in [0.25, 0.3) is 0 Å². The number of hydrogen-bond donors (Lipinski definition) is 1. The minimum Gasteiger partial charge on any atom is -0.467 e. The van der Waals surface area contributed by atoms with E-state index in [1.165, 1.54) is 14.0 Å². The van der Waals surface area contributed by atoms with Crippen molar-refractivity contribution in [1.82, 2.24) is 5.32 Å². The quantitative estimate of drug-likeness (QED) is 0.699. The number of carbonyl (C=O) groups is 3. The second-order valence-corrected chi connectivity index (χ2v) is 6.15. The molecule has 0 saturated heterocycles. The molecule has 0 spiro atoms. The predicted octanol–water partition coefficient (Wildman–Crippen LogP) is 1.88. The fraction of sp³-hybridized carbons (Fsp3) is 0.294. The number of thioether (sulfide) groups is 1. The van der Waals surface area contributed by atoms with Crippen LogP contribution in [0.2, 0.25) is 0 Å². The van der Waals surface area contributed by atoms with Gasteiger partial charge >= 0.3 is 17.1 Å². The number of methoxy groups -OCH3 is 1. The fourth-order valence-electron chi connectivity index (χ4n) is 1.97. The summed E-state index contributed by atoms with van der Waals surface area (Å²) in [7, 11) is 1.18. The van der Waals surface area contributed by atoms with E-state index >= 15 is 0 Å². The first-order valence-electron chi connectivity index (χ1n) is 7.73. The molecular formula is C17H17NO8S. The van der Waals surface area contributed by atoms with E-state index in [1.54, 1.807) is 30.3 Å². The van der Waals surface area contributed by atoms with Gasteiger partial charge in [-0.1, -0.05) is 18.2 Å². The summed E-state index contributed by atoms with van der Waals surface area (Å²) >= 11 is 0.670. The van der Waals surface area contributed by atoms with Gasteiger partial charge < -0.3 is 23.6 Å². The predicted molar refractivity (Wildman–Crippen MR) is 94.3 cm³/mol. The largest absolute Gasteiger partial charge is 0.519 e. The topological polar surface area (TPSA) is 125 Å². The van der Waals surface area contributed by atoms with Crippen molar-refractivity contribution in [1.29, 1.82) is 0 Å². The van der Waals surface area contributed by atoms with Crippen molar-refractivity contribution in [2.75, 3.05) is 12.9 Å². The highest BCUT2D eigenvalue weighted by Gasteiger charge is 2.24. The minimum absolute atomic E-state index is 0.0934. The zero-order valence-electron chi connectivity index (χ0n) is 14.6. The third-order valence-electron chi connectivity index (χ3n) is 3.35. The van der Waals surface area contributed by atoms with Crippen molar-refractivity contribution in [2.45, 2.75) is 19.6 Å². The van der Waals surface area contributed by atoms with E-state index in [-0.39, 0.29) is 23.9 Å². The number of carbonyl (C=O) groups excluding carboxylic acids is 3. The Morgan fingerprint density at radius 1 is 1.19 bits per heavy atom. The number of hydrogen-bond acceptors (Lipinski definition) is 9. The summed E-state index contributed by atoms with van der Waals surface area (Å²) in [6, 6.07) is 7.26. The molecule has 144 valence electrons. The Kier molecular flexibility index (Phi) is 7.24. The average molecular weight is 395 g/mol. The fourth-order valence-corrected chi connectivity index (χ4v) is 2.63. The first-order chi connectivity index (χ1) is 12.9. The first-order valence-corrected chi connectivity index (χ1v) is 8.72. The van der Waals surface area contributed by atoms with Crippen LogP contribution in [0, 0.1) is 6.92 Å². The van der Waals surface area contributed by atoms with Crippen molar-refractivity contribution in [3.05, 3.63) is 58.0 Å². The molecule has 0 aliphatic heterocycles. The molecule has 1 aromatic carbocycles. The van der Waals surface area contributed by atoms with Gasteiger partial charge in [-0.2, -0.15) is 0 Å². The second kappa shape index (κ2) is 9.62. The number of aryl methyl sites for hydroxylation is 1. The monoisotopic (exact) mass is 395 g/mol. The van der Waals surface area contributed by atoms with Crippen LogP contribution in [0.15, 0.2) is 44.0 Å². The Morgan fingerprint density at radius 3 is 2.48 bits per heavy atom. The molecule has 9 nitrogen and oxygen atoms in total. The van der Waals surface area contributed by atoms with Gasteiger partial charge in [-0.05, 0) is 30.8 Å². The summed E-state index contributed by atoms with van der Waals surface area (Å²) in [4.78, 5) is 46.8. The Balaban J connectivity index is 1.89. The molecule has 1 N–H and O–H groups in total. The maximum atomic E-state index is 12.2. The summed E-state index contributed by atoms with van der Waals surface area (Å²) < 4.78 is 18.9. The molecule has 0 aliphatic carbocycles. The van der Waals surface area contributed by atoms with Gasteiger partial charge in [-0.3, -0.25) is 4.79 Å². The maximum Gasteiger partial charge on any atom is 0.519 e. The van der Waals surface area contributed by atoms with E-state index in [9.17, 15) is 19.2 Å². The zero-order valence-corrected chi connectivity index (χ0v) is 15.4. The van der Waals surface area contributed by atoms with Crippen molar-refractivity contribution in [3.63, 3.8) is 0 Å². The van der Waals surface area contributed by atoms with Gasteiger partial charge in [-0.25, -0.2) is 14.4 Å². The highest BCUT2D eigenvalue weighted by atomic mass is 32.2. The van der Waals surface area contributed by atoms with Crippen LogP contribution in [0.4, 0.5) is 4.79 Å². The van der Waals surface area contributed by atoms with Crippen LogP contribution in [0.3, 0.4) is 0 Å². The van der Waals surface area contributed by atoms with Gasteiger partial charge in [0.25, 0.3) is 5.91 Å². The molecular weight excluding hydrogens is 378 g/mol. The lowest BCUT2D eigenvalue weighted by Gasteiger charge is -2.15. The van der Waals surface area contributed by atoms with E-state index in [2.05, 4.69) is 14.5 Å². The first kappa shape index (κ1) is 20.3.